The SMILES string of the molecule is O=C(c1cccs1)N1CCCN(CCSc2ccnc3cc(Cl)ccc23)CC1. The smallest absolute Gasteiger partial charge is 0.263 e. The topological polar surface area (TPSA) is 36.4 Å². The first kappa shape index (κ1) is 19.7. The van der Waals surface area contributed by atoms with E-state index in [1.165, 1.54) is 16.2 Å². The van der Waals surface area contributed by atoms with Gasteiger partial charge in [0, 0.05) is 53.4 Å². The third-order valence-electron chi connectivity index (χ3n) is 4.94. The van der Waals surface area contributed by atoms with Crippen molar-refractivity contribution in [2.75, 3.05) is 38.5 Å². The largest absolute Gasteiger partial charge is 0.337 e. The number of hydrogen-bond acceptors (Lipinski definition) is 5. The summed E-state index contributed by atoms with van der Waals surface area (Å²) in [5.74, 6) is 1.19. The van der Waals surface area contributed by atoms with E-state index in [1.54, 1.807) is 0 Å². The number of carbonyl (C=O) groups excluding carboxylic acids is 1. The molecule has 0 bridgehead atoms. The van der Waals surface area contributed by atoms with E-state index in [0.717, 1.165) is 60.7 Å². The number of fused-ring (bicyclic) bond motifs is 1. The maximum absolute atomic E-state index is 12.6. The maximum Gasteiger partial charge on any atom is 0.263 e. The maximum atomic E-state index is 12.6. The molecule has 0 radical (unpaired) electrons. The third kappa shape index (κ3) is 4.69. The molecule has 2 aromatic heterocycles. The lowest BCUT2D eigenvalue weighted by atomic mass is 10.2. The first-order valence-electron chi connectivity index (χ1n) is 9.43. The summed E-state index contributed by atoms with van der Waals surface area (Å²) in [6, 6.07) is 11.8. The molecule has 0 spiro atoms. The minimum atomic E-state index is 0.174. The molecule has 4 rings (SSSR count). The number of thiophene rings is 1. The van der Waals surface area contributed by atoms with Gasteiger partial charge in [-0.05, 0) is 42.6 Å². The zero-order chi connectivity index (χ0) is 19.3. The van der Waals surface area contributed by atoms with Crippen LogP contribution in [0.1, 0.15) is 16.1 Å². The number of benzene rings is 1. The summed E-state index contributed by atoms with van der Waals surface area (Å²) in [4.78, 5) is 23.5. The van der Waals surface area contributed by atoms with Gasteiger partial charge in [-0.1, -0.05) is 23.7 Å². The van der Waals surface area contributed by atoms with E-state index in [9.17, 15) is 4.79 Å². The number of rotatable bonds is 5. The number of amides is 1. The average Bonchev–Trinajstić information content (AvgIpc) is 3.14. The highest BCUT2D eigenvalue weighted by Gasteiger charge is 2.20. The lowest BCUT2D eigenvalue weighted by Gasteiger charge is -2.21. The minimum Gasteiger partial charge on any atom is -0.337 e. The zero-order valence-corrected chi connectivity index (χ0v) is 17.9. The Balaban J connectivity index is 1.31. The Morgan fingerprint density at radius 1 is 1.18 bits per heavy atom. The number of hydrogen-bond donors (Lipinski definition) is 0. The van der Waals surface area contributed by atoms with Crippen molar-refractivity contribution < 1.29 is 4.79 Å². The highest BCUT2D eigenvalue weighted by molar-refractivity contribution is 7.99. The second-order valence-electron chi connectivity index (χ2n) is 6.78. The van der Waals surface area contributed by atoms with E-state index in [2.05, 4.69) is 16.0 Å². The van der Waals surface area contributed by atoms with Crippen LogP contribution in [-0.4, -0.2) is 59.2 Å². The predicted octanol–water partition coefficient (Wildman–Crippen LogP) is 4.89. The second kappa shape index (κ2) is 9.27. The van der Waals surface area contributed by atoms with Gasteiger partial charge in [0.25, 0.3) is 5.91 Å². The molecule has 0 N–H and O–H groups in total. The fourth-order valence-corrected chi connectivity index (χ4v) is 5.37. The molecule has 0 atom stereocenters. The Bertz CT molecular complexity index is 948. The molecule has 0 aliphatic carbocycles. The molecule has 146 valence electrons. The number of aromatic nitrogens is 1. The minimum absolute atomic E-state index is 0.174. The van der Waals surface area contributed by atoms with Crippen LogP contribution >= 0.6 is 34.7 Å². The van der Waals surface area contributed by atoms with Crippen LogP contribution in [0.3, 0.4) is 0 Å². The molecule has 1 amide bonds. The standard InChI is InChI=1S/C21H22ClN3OS2/c22-16-4-5-17-18(15-16)23-7-6-19(17)28-14-12-24-8-2-9-25(11-10-24)21(26)20-3-1-13-27-20/h1,3-7,13,15H,2,8-12,14H2. The molecule has 0 saturated carbocycles. The van der Waals surface area contributed by atoms with Gasteiger partial charge < -0.3 is 9.80 Å². The molecule has 3 heterocycles. The van der Waals surface area contributed by atoms with Crippen LogP contribution in [-0.2, 0) is 0 Å². The summed E-state index contributed by atoms with van der Waals surface area (Å²) >= 11 is 9.46. The molecule has 28 heavy (non-hydrogen) atoms. The normalized spacial score (nSPS) is 15.7. The molecule has 1 aliphatic rings. The first-order valence-corrected chi connectivity index (χ1v) is 11.7. The highest BCUT2D eigenvalue weighted by Crippen LogP contribution is 2.28. The van der Waals surface area contributed by atoms with Gasteiger partial charge in [-0.3, -0.25) is 9.78 Å². The Morgan fingerprint density at radius 3 is 2.96 bits per heavy atom. The van der Waals surface area contributed by atoms with E-state index in [4.69, 9.17) is 11.6 Å². The highest BCUT2D eigenvalue weighted by atomic mass is 35.5. The molecular weight excluding hydrogens is 410 g/mol. The van der Waals surface area contributed by atoms with Gasteiger partial charge in [-0.25, -0.2) is 0 Å². The van der Waals surface area contributed by atoms with Gasteiger partial charge in [-0.2, -0.15) is 0 Å². The van der Waals surface area contributed by atoms with Crippen LogP contribution in [0.15, 0.2) is 52.9 Å². The zero-order valence-electron chi connectivity index (χ0n) is 15.5. The van der Waals surface area contributed by atoms with Crippen molar-refractivity contribution >= 4 is 51.5 Å². The summed E-state index contributed by atoms with van der Waals surface area (Å²) in [5.41, 5.74) is 0.940. The number of halogens is 1. The second-order valence-corrected chi connectivity index (χ2v) is 9.30. The Kier molecular flexibility index (Phi) is 6.52. The Morgan fingerprint density at radius 2 is 2.11 bits per heavy atom. The van der Waals surface area contributed by atoms with Crippen molar-refractivity contribution in [3.63, 3.8) is 0 Å². The van der Waals surface area contributed by atoms with Crippen LogP contribution in [0.5, 0.6) is 0 Å². The molecule has 3 aromatic rings. The lowest BCUT2D eigenvalue weighted by molar-refractivity contribution is 0.0766. The number of carbonyl (C=O) groups is 1. The number of pyridine rings is 1. The Labute approximate surface area is 178 Å². The molecule has 4 nitrogen and oxygen atoms in total. The van der Waals surface area contributed by atoms with Crippen molar-refractivity contribution in [2.24, 2.45) is 0 Å². The molecule has 1 fully saturated rings. The van der Waals surface area contributed by atoms with Gasteiger partial charge in [0.1, 0.15) is 0 Å². The van der Waals surface area contributed by atoms with Gasteiger partial charge >= 0.3 is 0 Å². The summed E-state index contributed by atoms with van der Waals surface area (Å²) < 4.78 is 0. The fourth-order valence-electron chi connectivity index (χ4n) is 3.46. The monoisotopic (exact) mass is 431 g/mol. The van der Waals surface area contributed by atoms with Crippen LogP contribution < -0.4 is 0 Å². The number of nitrogens with zero attached hydrogens (tertiary/aromatic N) is 3. The van der Waals surface area contributed by atoms with Crippen LogP contribution in [0.4, 0.5) is 0 Å². The molecule has 7 heteroatoms. The first-order chi connectivity index (χ1) is 13.7. The van der Waals surface area contributed by atoms with Crippen LogP contribution in [0.25, 0.3) is 10.9 Å². The van der Waals surface area contributed by atoms with Crippen molar-refractivity contribution in [3.05, 3.63) is 57.9 Å². The van der Waals surface area contributed by atoms with Gasteiger partial charge in [-0.15, -0.1) is 23.1 Å². The molecule has 1 saturated heterocycles. The van der Waals surface area contributed by atoms with E-state index < -0.39 is 0 Å². The van der Waals surface area contributed by atoms with Gasteiger partial charge in [0.2, 0.25) is 0 Å². The van der Waals surface area contributed by atoms with E-state index in [-0.39, 0.29) is 5.91 Å². The average molecular weight is 432 g/mol. The van der Waals surface area contributed by atoms with Crippen LogP contribution in [0.2, 0.25) is 5.02 Å². The summed E-state index contributed by atoms with van der Waals surface area (Å²) in [6.07, 6.45) is 2.87. The van der Waals surface area contributed by atoms with Crippen molar-refractivity contribution in [1.29, 1.82) is 0 Å². The Hall–Kier alpha value is -1.60. The predicted molar refractivity (Wildman–Crippen MR) is 119 cm³/mol. The van der Waals surface area contributed by atoms with E-state index in [1.807, 2.05) is 58.6 Å². The molecule has 1 aliphatic heterocycles. The quantitative estimate of drug-likeness (QED) is 0.539. The molecule has 0 unspecified atom stereocenters. The summed E-state index contributed by atoms with van der Waals surface area (Å²) in [5, 5.41) is 3.83. The molecule has 1 aromatic carbocycles. The van der Waals surface area contributed by atoms with E-state index in [0.29, 0.717) is 5.02 Å². The number of thioether (sulfide) groups is 1. The van der Waals surface area contributed by atoms with Crippen LogP contribution in [0, 0.1) is 0 Å². The van der Waals surface area contributed by atoms with E-state index >= 15 is 0 Å². The summed E-state index contributed by atoms with van der Waals surface area (Å²) in [6.45, 7) is 4.64. The van der Waals surface area contributed by atoms with Crippen molar-refractivity contribution in [2.45, 2.75) is 11.3 Å². The van der Waals surface area contributed by atoms with Gasteiger partial charge in [0.05, 0.1) is 10.4 Å². The van der Waals surface area contributed by atoms with Gasteiger partial charge in [0.15, 0.2) is 0 Å². The third-order valence-corrected chi connectivity index (χ3v) is 7.08. The van der Waals surface area contributed by atoms with Crippen molar-refractivity contribution in [1.82, 2.24) is 14.8 Å². The fraction of sp³-hybridized carbons (Fsp3) is 0.333. The van der Waals surface area contributed by atoms with Crippen molar-refractivity contribution in [3.8, 4) is 0 Å². The lowest BCUT2D eigenvalue weighted by Crippen LogP contribution is -2.35. The summed E-state index contributed by atoms with van der Waals surface area (Å²) in [7, 11) is 0. The molecular formula is C21H22ClN3OS2.